The number of amides is 1. The van der Waals surface area contributed by atoms with Gasteiger partial charge in [0.25, 0.3) is 8.53 Å². The van der Waals surface area contributed by atoms with Crippen molar-refractivity contribution in [2.45, 2.75) is 81.6 Å². The molecular weight excluding hydrogens is 908 g/mol. The smallest absolute Gasteiger partial charge is 0.351 e. The minimum atomic E-state index is -2.31. The van der Waals surface area contributed by atoms with Crippen LogP contribution < -0.4 is 30.9 Å². The Kier molecular flexibility index (Phi) is 14.9. The van der Waals surface area contributed by atoms with Crippen LogP contribution in [-0.4, -0.2) is 93.1 Å². The Balaban J connectivity index is 1.09. The van der Waals surface area contributed by atoms with Gasteiger partial charge in [0.2, 0.25) is 5.91 Å². The molecule has 0 bridgehead atoms. The van der Waals surface area contributed by atoms with Crippen molar-refractivity contribution in [1.29, 1.82) is 0 Å². The summed E-state index contributed by atoms with van der Waals surface area (Å²) < 4.78 is 50.3. The number of anilines is 1. The number of benzene rings is 5. The second-order valence-corrected chi connectivity index (χ2v) is 24.0. The van der Waals surface area contributed by atoms with Crippen LogP contribution in [0.5, 0.6) is 11.5 Å². The van der Waals surface area contributed by atoms with E-state index in [9.17, 15) is 9.59 Å². The first kappa shape index (κ1) is 48.5. The highest BCUT2D eigenvalue weighted by atomic mass is 31.2. The zero-order valence-electron chi connectivity index (χ0n) is 40.0. The summed E-state index contributed by atoms with van der Waals surface area (Å²) in [5, 5.41) is 5.45. The molecule has 4 heterocycles. The number of carbonyl (C=O) groups is 1. The molecule has 13 nitrogen and oxygen atoms in total. The van der Waals surface area contributed by atoms with Gasteiger partial charge in [0.15, 0.2) is 6.23 Å². The summed E-state index contributed by atoms with van der Waals surface area (Å²) in [4.78, 5) is 30.8. The molecule has 1 unspecified atom stereocenters. The van der Waals surface area contributed by atoms with Crippen LogP contribution in [0.4, 0.5) is 5.82 Å². The molecule has 6 aromatic rings. The predicted octanol–water partition coefficient (Wildman–Crippen LogP) is 8.14. The van der Waals surface area contributed by atoms with Gasteiger partial charge in [0.05, 0.1) is 26.9 Å². The van der Waals surface area contributed by atoms with Crippen LogP contribution >= 0.6 is 8.53 Å². The lowest BCUT2D eigenvalue weighted by atomic mass is 9.80. The lowest BCUT2D eigenvalue weighted by Gasteiger charge is -2.37. The van der Waals surface area contributed by atoms with Gasteiger partial charge in [-0.05, 0) is 65.9 Å². The van der Waals surface area contributed by atoms with Crippen LogP contribution in [0.15, 0.2) is 157 Å². The highest BCUT2D eigenvalue weighted by Gasteiger charge is 2.55. The summed E-state index contributed by atoms with van der Waals surface area (Å²) in [6, 6.07) is 50.2. The highest BCUT2D eigenvalue weighted by molar-refractivity contribution is 7.45. The molecule has 5 aromatic carbocycles. The van der Waals surface area contributed by atoms with Crippen molar-refractivity contribution in [3.63, 3.8) is 0 Å². The molecule has 1 aromatic heterocycles. The molecule has 3 fully saturated rings. The first-order valence-electron chi connectivity index (χ1n) is 23.6. The Hall–Kier alpha value is -5.54. The molecule has 1 N–H and O–H groups in total. The zero-order valence-corrected chi connectivity index (χ0v) is 41.9. The molecule has 1 amide bonds. The van der Waals surface area contributed by atoms with Gasteiger partial charge in [-0.2, -0.15) is 4.98 Å². The lowest BCUT2D eigenvalue weighted by molar-refractivity contribution is -0.118. The van der Waals surface area contributed by atoms with Gasteiger partial charge >= 0.3 is 5.69 Å². The number of fused-ring (bicyclic) bond motifs is 1. The summed E-state index contributed by atoms with van der Waals surface area (Å²) in [6.45, 7) is 6.83. The number of carbonyl (C=O) groups excluding carboxylic acids is 1. The molecule has 7 atom stereocenters. The number of hydrogen-bond donors (Lipinski definition) is 1. The van der Waals surface area contributed by atoms with Gasteiger partial charge in [-0.15, -0.1) is 0 Å². The van der Waals surface area contributed by atoms with Crippen LogP contribution in [-0.2, 0) is 33.7 Å². The minimum Gasteiger partial charge on any atom is -0.497 e. The second kappa shape index (κ2) is 21.2. The van der Waals surface area contributed by atoms with Crippen LogP contribution in [0.3, 0.4) is 0 Å². The Bertz CT molecular complexity index is 2610. The average Bonchev–Trinajstić information content (AvgIpc) is 4.10. The standard InChI is InChI=1S/C54H61N4O9PSi/c1-37(2)51(59)55-48-32-34-57(53(60)56-48)52-50(63-5)49(67-68-58-33-16-23-45(58)47(66-68)36-69(6,43-19-12-8-13-20-43)44-21-14-9-15-22-44)46(65-52)35-64-54(38-17-10-7-11-18-38,39-24-28-41(61-3)29-25-39)40-26-30-42(62-4)31-27-40/h7-15,17-22,24-32,34,37,45-47,49-50,52H,16,23,33,35-36H2,1-6H3,(H,55,56,59,60)/t45-,46-,47+,49+,50?,52-,68-/m1/s1. The number of rotatable bonds is 18. The summed E-state index contributed by atoms with van der Waals surface area (Å²) in [5.41, 5.74) is 0.792. The third-order valence-electron chi connectivity index (χ3n) is 13.9. The third-order valence-corrected chi connectivity index (χ3v) is 20.1. The topological polar surface area (TPSA) is 132 Å². The summed E-state index contributed by atoms with van der Waals surface area (Å²) in [7, 11) is 0.950. The van der Waals surface area contributed by atoms with E-state index in [-0.39, 0.29) is 36.4 Å². The Morgan fingerprint density at radius 3 is 1.88 bits per heavy atom. The first-order valence-corrected chi connectivity index (χ1v) is 27.5. The van der Waals surface area contributed by atoms with Crippen molar-refractivity contribution in [2.24, 2.45) is 5.92 Å². The van der Waals surface area contributed by atoms with E-state index in [1.54, 1.807) is 47.4 Å². The number of nitrogens with one attached hydrogen (secondary N) is 1. The Morgan fingerprint density at radius 2 is 1.35 bits per heavy atom. The van der Waals surface area contributed by atoms with Gasteiger partial charge < -0.3 is 38.0 Å². The van der Waals surface area contributed by atoms with E-state index in [0.29, 0.717) is 11.5 Å². The molecule has 9 rings (SSSR count). The van der Waals surface area contributed by atoms with Gasteiger partial charge in [0, 0.05) is 31.8 Å². The van der Waals surface area contributed by atoms with E-state index in [1.807, 2.05) is 66.7 Å². The molecule has 360 valence electrons. The number of nitrogens with zero attached hydrogens (tertiary/aromatic N) is 3. The Labute approximate surface area is 406 Å². The summed E-state index contributed by atoms with van der Waals surface area (Å²) in [6.07, 6.45) is 0.170. The molecule has 3 aliphatic rings. The molecule has 0 aliphatic carbocycles. The SMILES string of the molecule is COc1ccc(C(OC[C@H]2O[C@@H](n3ccc(NC(=O)C(C)C)nc3=O)C(OC)[C@H]2O[P@@]2O[C@@H](C[Si](C)(c3ccccc3)c3ccccc3)[C@H]3CCCN32)(c2ccccc2)c2ccc(OC)cc2)cc1. The number of aromatic nitrogens is 2. The number of hydrogen-bond acceptors (Lipinski definition) is 11. The molecule has 69 heavy (non-hydrogen) atoms. The van der Waals surface area contributed by atoms with Crippen LogP contribution in [0, 0.1) is 5.92 Å². The summed E-state index contributed by atoms with van der Waals surface area (Å²) >= 11 is 0. The van der Waals surface area contributed by atoms with Crippen molar-refractivity contribution in [3.8, 4) is 11.5 Å². The van der Waals surface area contributed by atoms with E-state index < -0.39 is 52.4 Å². The molecule has 0 spiro atoms. The molecule has 0 saturated carbocycles. The van der Waals surface area contributed by atoms with Gasteiger partial charge in [-0.1, -0.05) is 146 Å². The molecule has 15 heteroatoms. The van der Waals surface area contributed by atoms with Gasteiger partial charge in [0.1, 0.15) is 49.3 Å². The fraction of sp³-hybridized carbons (Fsp3) is 0.352. The lowest BCUT2D eigenvalue weighted by Crippen LogP contribution is -2.58. The van der Waals surface area contributed by atoms with E-state index in [2.05, 4.69) is 94.3 Å². The number of ether oxygens (including phenoxy) is 5. The average molecular weight is 969 g/mol. The van der Waals surface area contributed by atoms with Crippen molar-refractivity contribution < 1.29 is 37.5 Å². The molecule has 3 saturated heterocycles. The van der Waals surface area contributed by atoms with E-state index in [0.717, 1.165) is 42.1 Å². The third kappa shape index (κ3) is 9.82. The van der Waals surface area contributed by atoms with Crippen LogP contribution in [0.2, 0.25) is 12.6 Å². The van der Waals surface area contributed by atoms with E-state index >= 15 is 0 Å². The Morgan fingerprint density at radius 1 is 0.783 bits per heavy atom. The molecule has 0 radical (unpaired) electrons. The monoisotopic (exact) mass is 968 g/mol. The van der Waals surface area contributed by atoms with Crippen molar-refractivity contribution in [3.05, 3.63) is 179 Å². The maximum atomic E-state index is 14.0. The first-order chi connectivity index (χ1) is 33.6. The summed E-state index contributed by atoms with van der Waals surface area (Å²) in [5.74, 6) is 1.01. The van der Waals surface area contributed by atoms with E-state index in [1.165, 1.54) is 14.9 Å². The van der Waals surface area contributed by atoms with Crippen molar-refractivity contribution >= 4 is 38.7 Å². The molecule has 3 aliphatic heterocycles. The van der Waals surface area contributed by atoms with Crippen molar-refractivity contribution in [1.82, 2.24) is 14.2 Å². The maximum absolute atomic E-state index is 14.0. The van der Waals surface area contributed by atoms with Crippen LogP contribution in [0.1, 0.15) is 49.6 Å². The minimum absolute atomic E-state index is 0.00170. The number of methoxy groups -OCH3 is 3. The fourth-order valence-corrected chi connectivity index (χ4v) is 16.0. The normalized spacial score (nSPS) is 22.7. The predicted molar refractivity (Wildman–Crippen MR) is 270 cm³/mol. The second-order valence-electron chi connectivity index (χ2n) is 18.3. The highest BCUT2D eigenvalue weighted by Crippen LogP contribution is 2.59. The largest absolute Gasteiger partial charge is 0.497 e. The van der Waals surface area contributed by atoms with Gasteiger partial charge in [-0.3, -0.25) is 9.36 Å². The quantitative estimate of drug-likeness (QED) is 0.0509. The van der Waals surface area contributed by atoms with Crippen LogP contribution in [0.25, 0.3) is 0 Å². The zero-order chi connectivity index (χ0) is 48.1. The molecular formula is C54H61N4O9PSi. The van der Waals surface area contributed by atoms with Gasteiger partial charge in [-0.25, -0.2) is 9.46 Å². The maximum Gasteiger partial charge on any atom is 0.351 e. The van der Waals surface area contributed by atoms with Crippen molar-refractivity contribution in [2.75, 3.05) is 39.8 Å². The fourth-order valence-electron chi connectivity index (χ4n) is 10.1. The van der Waals surface area contributed by atoms with E-state index in [4.69, 9.17) is 32.7 Å².